The van der Waals surface area contributed by atoms with Crippen molar-refractivity contribution in [1.82, 2.24) is 0 Å². The van der Waals surface area contributed by atoms with Gasteiger partial charge in [-0.15, -0.1) is 0 Å². The van der Waals surface area contributed by atoms with Gasteiger partial charge in [0.25, 0.3) is 0 Å². The molecule has 0 aromatic carbocycles. The molecule has 0 amide bonds. The van der Waals surface area contributed by atoms with Crippen LogP contribution in [0.25, 0.3) is 0 Å². The Morgan fingerprint density at radius 3 is 2.71 bits per heavy atom. The van der Waals surface area contributed by atoms with Crippen molar-refractivity contribution in [2.75, 3.05) is 19.0 Å². The monoisotopic (exact) mass is 222 g/mol. The third-order valence-electron chi connectivity index (χ3n) is 1.54. The summed E-state index contributed by atoms with van der Waals surface area (Å²) in [5.74, 6) is 0.225. The van der Waals surface area contributed by atoms with Gasteiger partial charge in [0.05, 0.1) is 25.7 Å². The van der Waals surface area contributed by atoms with Crippen LogP contribution in [-0.4, -0.2) is 46.5 Å². The van der Waals surface area contributed by atoms with E-state index in [1.165, 1.54) is 11.8 Å². The Bertz CT molecular complexity index is 163. The van der Waals surface area contributed by atoms with E-state index in [1.807, 2.05) is 6.92 Å². The Morgan fingerprint density at radius 2 is 2.21 bits per heavy atom. The first kappa shape index (κ1) is 13.7. The van der Waals surface area contributed by atoms with Crippen LogP contribution in [0.5, 0.6) is 0 Å². The van der Waals surface area contributed by atoms with Crippen LogP contribution >= 0.6 is 11.8 Å². The molecule has 0 aromatic heterocycles. The van der Waals surface area contributed by atoms with Crippen LogP contribution in [0.2, 0.25) is 0 Å². The lowest BCUT2D eigenvalue weighted by atomic mass is 10.3. The lowest BCUT2D eigenvalue weighted by Crippen LogP contribution is -2.18. The van der Waals surface area contributed by atoms with E-state index in [4.69, 9.17) is 14.9 Å². The molecule has 2 atom stereocenters. The van der Waals surface area contributed by atoms with Gasteiger partial charge in [-0.2, -0.15) is 11.8 Å². The maximum absolute atomic E-state index is 11.0. The highest BCUT2D eigenvalue weighted by atomic mass is 32.2. The molecule has 0 aliphatic carbocycles. The molecule has 5 heteroatoms. The fourth-order valence-electron chi connectivity index (χ4n) is 0.842. The molecule has 84 valence electrons. The van der Waals surface area contributed by atoms with Crippen molar-refractivity contribution >= 4 is 17.7 Å². The van der Waals surface area contributed by atoms with E-state index in [-0.39, 0.29) is 17.8 Å². The average molecular weight is 222 g/mol. The van der Waals surface area contributed by atoms with E-state index in [0.29, 0.717) is 18.8 Å². The van der Waals surface area contributed by atoms with Crippen molar-refractivity contribution < 1.29 is 19.7 Å². The Morgan fingerprint density at radius 1 is 1.57 bits per heavy atom. The summed E-state index contributed by atoms with van der Waals surface area (Å²) in [7, 11) is 0. The second kappa shape index (κ2) is 8.08. The van der Waals surface area contributed by atoms with Crippen molar-refractivity contribution in [2.45, 2.75) is 31.6 Å². The summed E-state index contributed by atoms with van der Waals surface area (Å²) in [6.07, 6.45) is -0.360. The number of hydrogen-bond acceptors (Lipinski definition) is 5. The molecule has 0 aliphatic rings. The van der Waals surface area contributed by atoms with E-state index < -0.39 is 6.10 Å². The van der Waals surface area contributed by atoms with E-state index in [0.717, 1.165) is 0 Å². The van der Waals surface area contributed by atoms with Crippen molar-refractivity contribution in [3.63, 3.8) is 0 Å². The fraction of sp³-hybridized carbons (Fsp3) is 0.889. The van der Waals surface area contributed by atoms with E-state index >= 15 is 0 Å². The number of hydrogen-bond donors (Lipinski definition) is 2. The summed E-state index contributed by atoms with van der Waals surface area (Å²) in [4.78, 5) is 11.0. The molecule has 0 saturated heterocycles. The number of ether oxygens (including phenoxy) is 1. The first-order valence-electron chi connectivity index (χ1n) is 4.66. The summed E-state index contributed by atoms with van der Waals surface area (Å²) in [6.45, 7) is 3.82. The highest BCUT2D eigenvalue weighted by Crippen LogP contribution is 2.15. The first-order valence-corrected chi connectivity index (χ1v) is 5.71. The van der Waals surface area contributed by atoms with Crippen molar-refractivity contribution in [3.8, 4) is 0 Å². The number of carbonyl (C=O) groups is 1. The molecule has 2 unspecified atom stereocenters. The molecule has 0 spiro atoms. The topological polar surface area (TPSA) is 66.8 Å². The summed E-state index contributed by atoms with van der Waals surface area (Å²) >= 11 is 1.45. The van der Waals surface area contributed by atoms with Gasteiger partial charge in [0.2, 0.25) is 0 Å². The highest BCUT2D eigenvalue weighted by molar-refractivity contribution is 7.99. The number of aliphatic hydroxyl groups is 2. The zero-order chi connectivity index (χ0) is 11.0. The lowest BCUT2D eigenvalue weighted by Gasteiger charge is -2.12. The van der Waals surface area contributed by atoms with Crippen LogP contribution in [-0.2, 0) is 9.53 Å². The van der Waals surface area contributed by atoms with Crippen LogP contribution in [0, 0.1) is 0 Å². The second-order valence-electron chi connectivity index (χ2n) is 2.99. The van der Waals surface area contributed by atoms with Gasteiger partial charge in [0.1, 0.15) is 0 Å². The second-order valence-corrected chi connectivity index (χ2v) is 4.46. The number of esters is 1. The maximum Gasteiger partial charge on any atom is 0.306 e. The zero-order valence-corrected chi connectivity index (χ0v) is 9.42. The Kier molecular flexibility index (Phi) is 7.93. The molecule has 0 aromatic rings. The van der Waals surface area contributed by atoms with Gasteiger partial charge in [-0.25, -0.2) is 0 Å². The van der Waals surface area contributed by atoms with Gasteiger partial charge in [-0.05, 0) is 6.92 Å². The predicted molar refractivity (Wildman–Crippen MR) is 56.3 cm³/mol. The standard InChI is InChI=1S/C9H18O4S/c1-3-13-9(12)4-7(2)14-6-8(11)5-10/h7-8,10-11H,3-6H2,1-2H3. The minimum Gasteiger partial charge on any atom is -0.466 e. The fourth-order valence-corrected chi connectivity index (χ4v) is 1.75. The van der Waals surface area contributed by atoms with Crippen molar-refractivity contribution in [1.29, 1.82) is 0 Å². The Balaban J connectivity index is 3.54. The molecule has 0 radical (unpaired) electrons. The molecule has 0 aliphatic heterocycles. The van der Waals surface area contributed by atoms with Crippen LogP contribution in [0.15, 0.2) is 0 Å². The number of rotatable bonds is 7. The van der Waals surface area contributed by atoms with Gasteiger partial charge >= 0.3 is 5.97 Å². The smallest absolute Gasteiger partial charge is 0.306 e. The largest absolute Gasteiger partial charge is 0.466 e. The molecule has 0 rings (SSSR count). The molecule has 4 nitrogen and oxygen atoms in total. The van der Waals surface area contributed by atoms with E-state index in [1.54, 1.807) is 6.92 Å². The third kappa shape index (κ3) is 7.17. The normalized spacial score (nSPS) is 14.9. The summed E-state index contributed by atoms with van der Waals surface area (Å²) < 4.78 is 4.78. The number of carbonyl (C=O) groups excluding carboxylic acids is 1. The van der Waals surface area contributed by atoms with Crippen molar-refractivity contribution in [3.05, 3.63) is 0 Å². The molecule has 14 heavy (non-hydrogen) atoms. The zero-order valence-electron chi connectivity index (χ0n) is 8.60. The predicted octanol–water partition coefficient (Wildman–Crippen LogP) is 0.414. The first-order chi connectivity index (χ1) is 6.60. The summed E-state index contributed by atoms with van der Waals surface area (Å²) in [5.41, 5.74) is 0. The molecule has 0 saturated carbocycles. The minimum absolute atomic E-state index is 0.107. The molecule has 0 heterocycles. The van der Waals surface area contributed by atoms with Crippen LogP contribution in [0.4, 0.5) is 0 Å². The molecule has 0 fully saturated rings. The lowest BCUT2D eigenvalue weighted by molar-refractivity contribution is -0.142. The summed E-state index contributed by atoms with van der Waals surface area (Å²) in [6, 6.07) is 0. The van der Waals surface area contributed by atoms with Crippen LogP contribution < -0.4 is 0 Å². The minimum atomic E-state index is -0.704. The SMILES string of the molecule is CCOC(=O)CC(C)SCC(O)CO. The summed E-state index contributed by atoms with van der Waals surface area (Å²) in [5, 5.41) is 17.7. The van der Waals surface area contributed by atoms with Crippen LogP contribution in [0.3, 0.4) is 0 Å². The van der Waals surface area contributed by atoms with Crippen LogP contribution in [0.1, 0.15) is 20.3 Å². The number of thioether (sulfide) groups is 1. The molecular weight excluding hydrogens is 204 g/mol. The van der Waals surface area contributed by atoms with Gasteiger partial charge in [0, 0.05) is 11.0 Å². The van der Waals surface area contributed by atoms with Gasteiger partial charge < -0.3 is 14.9 Å². The Hall–Kier alpha value is -0.260. The highest BCUT2D eigenvalue weighted by Gasteiger charge is 2.12. The third-order valence-corrected chi connectivity index (χ3v) is 2.86. The molecular formula is C9H18O4S. The quantitative estimate of drug-likeness (QED) is 0.611. The van der Waals surface area contributed by atoms with Gasteiger partial charge in [-0.3, -0.25) is 4.79 Å². The average Bonchev–Trinajstić information content (AvgIpc) is 2.14. The van der Waals surface area contributed by atoms with E-state index in [2.05, 4.69) is 0 Å². The number of aliphatic hydroxyl groups excluding tert-OH is 2. The molecule has 2 N–H and O–H groups in total. The van der Waals surface area contributed by atoms with Crippen molar-refractivity contribution in [2.24, 2.45) is 0 Å². The van der Waals surface area contributed by atoms with Gasteiger partial charge in [-0.1, -0.05) is 6.92 Å². The molecule has 0 bridgehead atoms. The van der Waals surface area contributed by atoms with E-state index in [9.17, 15) is 4.79 Å². The maximum atomic E-state index is 11.0. The Labute approximate surface area is 88.6 Å². The van der Waals surface area contributed by atoms with Gasteiger partial charge in [0.15, 0.2) is 0 Å².